The molecule has 1 aromatic heterocycles. The monoisotopic (exact) mass is 340 g/mol. The van der Waals surface area contributed by atoms with Crippen LogP contribution in [0.25, 0.3) is 10.9 Å². The Morgan fingerprint density at radius 2 is 1.81 bits per heavy atom. The standard InChI is InChI=1S/C17H13BrN2O/c18-13-7-3-1-5-11(13)9-17(21)16-10-14(19)12-6-2-4-8-15(12)20-16/h1-8,10H,9H2,(H2,19,20). The van der Waals surface area contributed by atoms with Gasteiger partial charge < -0.3 is 5.73 Å². The van der Waals surface area contributed by atoms with Gasteiger partial charge in [-0.05, 0) is 23.8 Å². The number of anilines is 1. The van der Waals surface area contributed by atoms with Crippen LogP contribution in [0.2, 0.25) is 0 Å². The lowest BCUT2D eigenvalue weighted by molar-refractivity contribution is 0.0988. The third-order valence-electron chi connectivity index (χ3n) is 3.34. The van der Waals surface area contributed by atoms with Crippen molar-refractivity contribution < 1.29 is 4.79 Å². The van der Waals surface area contributed by atoms with Crippen LogP contribution in [0.5, 0.6) is 0 Å². The Hall–Kier alpha value is -2.20. The Morgan fingerprint density at radius 1 is 1.10 bits per heavy atom. The predicted octanol–water partition coefficient (Wildman–Crippen LogP) is 4.00. The number of nitrogens with zero attached hydrogens (tertiary/aromatic N) is 1. The van der Waals surface area contributed by atoms with Gasteiger partial charge in [0.25, 0.3) is 0 Å². The lowest BCUT2D eigenvalue weighted by atomic mass is 10.1. The molecule has 4 heteroatoms. The highest BCUT2D eigenvalue weighted by atomic mass is 79.9. The molecular weight excluding hydrogens is 328 g/mol. The summed E-state index contributed by atoms with van der Waals surface area (Å²) in [6, 6.07) is 16.9. The number of hydrogen-bond acceptors (Lipinski definition) is 3. The Balaban J connectivity index is 1.97. The van der Waals surface area contributed by atoms with E-state index in [4.69, 9.17) is 5.73 Å². The summed E-state index contributed by atoms with van der Waals surface area (Å²) in [6.45, 7) is 0. The average Bonchev–Trinajstić information content (AvgIpc) is 2.49. The summed E-state index contributed by atoms with van der Waals surface area (Å²) in [5.41, 5.74) is 8.69. The van der Waals surface area contributed by atoms with Crippen LogP contribution in [0.15, 0.2) is 59.1 Å². The predicted molar refractivity (Wildman–Crippen MR) is 88.3 cm³/mol. The van der Waals surface area contributed by atoms with Crippen molar-refractivity contribution in [3.8, 4) is 0 Å². The van der Waals surface area contributed by atoms with Gasteiger partial charge in [0, 0.05) is 22.0 Å². The zero-order valence-corrected chi connectivity index (χ0v) is 12.8. The number of carbonyl (C=O) groups excluding carboxylic acids is 1. The Kier molecular flexibility index (Phi) is 3.71. The van der Waals surface area contributed by atoms with Gasteiger partial charge in [-0.2, -0.15) is 0 Å². The number of Topliss-reactive ketones (excluding diaryl/α,β-unsaturated/α-hetero) is 1. The van der Waals surface area contributed by atoms with Crippen LogP contribution in [0, 0.1) is 0 Å². The van der Waals surface area contributed by atoms with Gasteiger partial charge in [0.1, 0.15) is 5.69 Å². The molecule has 104 valence electrons. The molecule has 0 saturated carbocycles. The highest BCUT2D eigenvalue weighted by Crippen LogP contribution is 2.22. The van der Waals surface area contributed by atoms with Gasteiger partial charge in [-0.15, -0.1) is 0 Å². The fourth-order valence-electron chi connectivity index (χ4n) is 2.25. The number of hydrogen-bond donors (Lipinski definition) is 1. The SMILES string of the molecule is Nc1cc(C(=O)Cc2ccccc2Br)nc2ccccc12. The molecule has 3 aromatic rings. The second-order valence-electron chi connectivity index (χ2n) is 4.81. The van der Waals surface area contributed by atoms with E-state index in [1.807, 2.05) is 48.5 Å². The summed E-state index contributed by atoms with van der Waals surface area (Å²) in [5.74, 6) is -0.0423. The van der Waals surface area contributed by atoms with E-state index in [1.54, 1.807) is 6.07 Å². The minimum Gasteiger partial charge on any atom is -0.398 e. The molecule has 0 aliphatic carbocycles. The topological polar surface area (TPSA) is 56.0 Å². The summed E-state index contributed by atoms with van der Waals surface area (Å²) >= 11 is 3.45. The first-order valence-corrected chi connectivity index (χ1v) is 7.36. The first-order chi connectivity index (χ1) is 10.1. The van der Waals surface area contributed by atoms with Gasteiger partial charge in [0.2, 0.25) is 0 Å². The van der Waals surface area contributed by atoms with Crippen LogP contribution in [0.1, 0.15) is 16.1 Å². The van der Waals surface area contributed by atoms with E-state index in [0.717, 1.165) is 20.9 Å². The lowest BCUT2D eigenvalue weighted by Gasteiger charge is -2.07. The van der Waals surface area contributed by atoms with Crippen molar-refractivity contribution in [3.05, 3.63) is 70.3 Å². The molecule has 0 aliphatic heterocycles. The van der Waals surface area contributed by atoms with Crippen LogP contribution < -0.4 is 5.73 Å². The molecule has 21 heavy (non-hydrogen) atoms. The van der Waals surface area contributed by atoms with Crippen molar-refractivity contribution in [1.29, 1.82) is 0 Å². The highest BCUT2D eigenvalue weighted by Gasteiger charge is 2.12. The average molecular weight is 341 g/mol. The number of benzene rings is 2. The molecule has 1 heterocycles. The largest absolute Gasteiger partial charge is 0.398 e. The van der Waals surface area contributed by atoms with Gasteiger partial charge in [0.05, 0.1) is 5.52 Å². The van der Waals surface area contributed by atoms with Gasteiger partial charge in [0.15, 0.2) is 5.78 Å². The van der Waals surface area contributed by atoms with Crippen LogP contribution >= 0.6 is 15.9 Å². The van der Waals surface area contributed by atoms with Crippen molar-refractivity contribution in [2.24, 2.45) is 0 Å². The molecule has 0 bridgehead atoms. The first-order valence-electron chi connectivity index (χ1n) is 6.57. The van der Waals surface area contributed by atoms with E-state index in [-0.39, 0.29) is 5.78 Å². The number of aromatic nitrogens is 1. The number of fused-ring (bicyclic) bond motifs is 1. The number of nitrogen functional groups attached to an aromatic ring is 1. The zero-order valence-electron chi connectivity index (χ0n) is 11.2. The minimum atomic E-state index is -0.0423. The van der Waals surface area contributed by atoms with Crippen molar-refractivity contribution in [3.63, 3.8) is 0 Å². The van der Waals surface area contributed by atoms with Crippen LogP contribution in [-0.4, -0.2) is 10.8 Å². The maximum atomic E-state index is 12.4. The van der Waals surface area contributed by atoms with Crippen molar-refractivity contribution in [2.45, 2.75) is 6.42 Å². The Morgan fingerprint density at radius 3 is 2.62 bits per heavy atom. The molecule has 0 saturated heterocycles. The van der Waals surface area contributed by atoms with E-state index in [2.05, 4.69) is 20.9 Å². The quantitative estimate of drug-likeness (QED) is 0.733. The molecule has 2 aromatic carbocycles. The number of pyridine rings is 1. The summed E-state index contributed by atoms with van der Waals surface area (Å²) in [5, 5.41) is 0.870. The van der Waals surface area contributed by atoms with Gasteiger partial charge >= 0.3 is 0 Å². The van der Waals surface area contributed by atoms with Gasteiger partial charge in [-0.25, -0.2) is 4.98 Å². The second-order valence-corrected chi connectivity index (χ2v) is 5.66. The van der Waals surface area contributed by atoms with Crippen LogP contribution in [0.3, 0.4) is 0 Å². The number of ketones is 1. The van der Waals surface area contributed by atoms with E-state index in [1.165, 1.54) is 0 Å². The molecule has 0 amide bonds. The van der Waals surface area contributed by atoms with Gasteiger partial charge in [-0.1, -0.05) is 52.3 Å². The molecule has 0 unspecified atom stereocenters. The Labute approximate surface area is 130 Å². The maximum Gasteiger partial charge on any atom is 0.185 e. The highest BCUT2D eigenvalue weighted by molar-refractivity contribution is 9.10. The smallest absolute Gasteiger partial charge is 0.185 e. The van der Waals surface area contributed by atoms with Crippen LogP contribution in [0.4, 0.5) is 5.69 Å². The molecular formula is C17H13BrN2O. The molecule has 3 nitrogen and oxygen atoms in total. The number of para-hydroxylation sites is 1. The number of halogens is 1. The lowest BCUT2D eigenvalue weighted by Crippen LogP contribution is -2.07. The van der Waals surface area contributed by atoms with Crippen molar-refractivity contribution in [2.75, 3.05) is 5.73 Å². The van der Waals surface area contributed by atoms with E-state index in [0.29, 0.717) is 17.8 Å². The number of nitrogens with two attached hydrogens (primary N) is 1. The molecule has 0 radical (unpaired) electrons. The summed E-state index contributed by atoms with van der Waals surface area (Å²) < 4.78 is 0.923. The second kappa shape index (κ2) is 5.66. The number of rotatable bonds is 3. The molecule has 0 aliphatic rings. The fraction of sp³-hybridized carbons (Fsp3) is 0.0588. The third kappa shape index (κ3) is 2.81. The van der Waals surface area contributed by atoms with Crippen molar-refractivity contribution in [1.82, 2.24) is 4.98 Å². The van der Waals surface area contributed by atoms with Crippen molar-refractivity contribution >= 4 is 38.3 Å². The fourth-order valence-corrected chi connectivity index (χ4v) is 2.68. The van der Waals surface area contributed by atoms with Gasteiger partial charge in [-0.3, -0.25) is 4.79 Å². The zero-order chi connectivity index (χ0) is 14.8. The van der Waals surface area contributed by atoms with E-state index in [9.17, 15) is 4.79 Å². The van der Waals surface area contributed by atoms with Crippen LogP contribution in [-0.2, 0) is 6.42 Å². The minimum absolute atomic E-state index is 0.0423. The maximum absolute atomic E-state index is 12.4. The molecule has 3 rings (SSSR count). The summed E-state index contributed by atoms with van der Waals surface area (Å²) in [4.78, 5) is 16.8. The molecule has 0 atom stereocenters. The Bertz CT molecular complexity index is 830. The summed E-state index contributed by atoms with van der Waals surface area (Å²) in [7, 11) is 0. The molecule has 2 N–H and O–H groups in total. The molecule has 0 fully saturated rings. The first kappa shape index (κ1) is 13.8. The van der Waals surface area contributed by atoms with E-state index < -0.39 is 0 Å². The van der Waals surface area contributed by atoms with E-state index >= 15 is 0 Å². The normalized spacial score (nSPS) is 10.7. The third-order valence-corrected chi connectivity index (χ3v) is 4.12. The molecule has 0 spiro atoms. The number of carbonyl (C=O) groups is 1. The summed E-state index contributed by atoms with van der Waals surface area (Å²) in [6.07, 6.45) is 0.298.